The van der Waals surface area contributed by atoms with Crippen molar-refractivity contribution in [2.75, 3.05) is 13.7 Å². The molecular weight excluding hydrogens is 405 g/mol. The van der Waals surface area contributed by atoms with Crippen LogP contribution in [0.4, 0.5) is 9.18 Å². The smallest absolute Gasteiger partial charge is 0.414 e. The minimum atomic E-state index is -4.44. The molecule has 2 atom stereocenters. The number of aliphatic imine (C=N–C) groups is 1. The molecule has 0 fully saturated rings. The number of benzene rings is 1. The van der Waals surface area contributed by atoms with Gasteiger partial charge in [-0.2, -0.15) is 0 Å². The van der Waals surface area contributed by atoms with E-state index < -0.39 is 44.5 Å². The number of nitrogens with zero attached hydrogens (tertiary/aromatic N) is 2. The minimum absolute atomic E-state index is 0.0356. The molecule has 162 valence electrons. The van der Waals surface area contributed by atoms with E-state index in [1.807, 2.05) is 0 Å². The average molecular weight is 431 g/mol. The van der Waals surface area contributed by atoms with Crippen LogP contribution in [-0.4, -0.2) is 59.7 Å². The van der Waals surface area contributed by atoms with Gasteiger partial charge in [-0.3, -0.25) is 5.32 Å². The number of nitrogens with one attached hydrogen (secondary N) is 1. The van der Waals surface area contributed by atoms with Crippen molar-refractivity contribution in [1.29, 1.82) is 0 Å². The number of ether oxygens (including phenoxy) is 1. The lowest BCUT2D eigenvalue weighted by molar-refractivity contribution is 0.0555. The van der Waals surface area contributed by atoms with E-state index in [1.165, 1.54) is 18.2 Å². The van der Waals surface area contributed by atoms with Crippen molar-refractivity contribution in [3.63, 3.8) is 0 Å². The summed E-state index contributed by atoms with van der Waals surface area (Å²) in [4.78, 5) is 16.4. The van der Waals surface area contributed by atoms with Gasteiger partial charge in [-0.25, -0.2) is 26.9 Å². The van der Waals surface area contributed by atoms with Crippen molar-refractivity contribution in [1.82, 2.24) is 9.62 Å². The molecule has 1 aliphatic rings. The van der Waals surface area contributed by atoms with Gasteiger partial charge in [0.25, 0.3) is 10.0 Å². The lowest BCUT2D eigenvalue weighted by Gasteiger charge is -2.41. The zero-order valence-electron chi connectivity index (χ0n) is 16.7. The van der Waals surface area contributed by atoms with Crippen molar-refractivity contribution in [2.24, 2.45) is 4.99 Å². The number of aliphatic hydroxyl groups excluding tert-OH is 2. The van der Waals surface area contributed by atoms with E-state index in [0.717, 1.165) is 13.1 Å². The van der Waals surface area contributed by atoms with Crippen LogP contribution in [0, 0.1) is 5.82 Å². The standard InChI is InChI=1S/C18H26FN3O6S/c1-17(2,3)28-16(25)20-15-21-18(10-7-11-23,12-8-5-6-9-13(12)19)14(24)29(26,27)22(15)4/h5-6,8-9,14,23-24H,7,10-11H2,1-4H3,(H,20,21,25)/t14?,18-/m1/s1. The Morgan fingerprint density at radius 3 is 2.55 bits per heavy atom. The predicted octanol–water partition coefficient (Wildman–Crippen LogP) is 1.27. The molecule has 1 aromatic carbocycles. The summed E-state index contributed by atoms with van der Waals surface area (Å²) in [6, 6.07) is 5.32. The second-order valence-electron chi connectivity index (χ2n) is 7.66. The molecule has 3 N–H and O–H groups in total. The number of carbonyl (C=O) groups excluding carboxylic acids is 1. The fourth-order valence-electron chi connectivity index (χ4n) is 3.00. The lowest BCUT2D eigenvalue weighted by atomic mass is 9.86. The molecule has 0 aromatic heterocycles. The van der Waals surface area contributed by atoms with Gasteiger partial charge < -0.3 is 14.9 Å². The van der Waals surface area contributed by atoms with Gasteiger partial charge in [0.1, 0.15) is 17.0 Å². The maximum absolute atomic E-state index is 14.6. The molecule has 0 saturated heterocycles. The van der Waals surface area contributed by atoms with Gasteiger partial charge in [-0.05, 0) is 39.7 Å². The number of aliphatic hydroxyl groups is 2. The van der Waals surface area contributed by atoms with Crippen LogP contribution >= 0.6 is 0 Å². The van der Waals surface area contributed by atoms with Gasteiger partial charge in [0.2, 0.25) is 11.4 Å². The number of rotatable bonds is 4. The largest absolute Gasteiger partial charge is 0.444 e. The highest BCUT2D eigenvalue weighted by Gasteiger charge is 2.54. The highest BCUT2D eigenvalue weighted by molar-refractivity contribution is 7.90. The fourth-order valence-corrected chi connectivity index (χ4v) is 4.42. The highest BCUT2D eigenvalue weighted by atomic mass is 32.2. The summed E-state index contributed by atoms with van der Waals surface area (Å²) in [7, 11) is -3.34. The molecule has 9 nitrogen and oxygen atoms in total. The topological polar surface area (TPSA) is 129 Å². The second-order valence-corrected chi connectivity index (χ2v) is 9.68. The first-order valence-electron chi connectivity index (χ1n) is 8.97. The number of hydrogen-bond acceptors (Lipinski definition) is 7. The Morgan fingerprint density at radius 1 is 1.38 bits per heavy atom. The Hall–Kier alpha value is -2.24. The second kappa shape index (κ2) is 8.25. The number of amides is 1. The van der Waals surface area contributed by atoms with Gasteiger partial charge in [0, 0.05) is 19.2 Å². The van der Waals surface area contributed by atoms with Gasteiger partial charge in [0.05, 0.1) is 0 Å². The quantitative estimate of drug-likeness (QED) is 0.659. The molecule has 1 unspecified atom stereocenters. The Kier molecular flexibility index (Phi) is 6.55. The van der Waals surface area contributed by atoms with Gasteiger partial charge in [-0.1, -0.05) is 18.2 Å². The zero-order valence-corrected chi connectivity index (χ0v) is 17.5. The van der Waals surface area contributed by atoms with E-state index in [1.54, 1.807) is 20.8 Å². The van der Waals surface area contributed by atoms with E-state index >= 15 is 0 Å². The predicted molar refractivity (Wildman–Crippen MR) is 104 cm³/mol. The van der Waals surface area contributed by atoms with Crippen molar-refractivity contribution >= 4 is 22.1 Å². The summed E-state index contributed by atoms with van der Waals surface area (Å²) in [6.07, 6.45) is -1.11. The highest BCUT2D eigenvalue weighted by Crippen LogP contribution is 2.41. The Balaban J connectivity index is 2.64. The fraction of sp³-hybridized carbons (Fsp3) is 0.556. The van der Waals surface area contributed by atoms with Crippen LogP contribution in [0.3, 0.4) is 0 Å². The molecule has 0 spiro atoms. The molecule has 0 radical (unpaired) electrons. The Labute approximate surface area is 169 Å². The van der Waals surface area contributed by atoms with E-state index in [0.29, 0.717) is 4.31 Å². The number of hydrogen-bond donors (Lipinski definition) is 3. The van der Waals surface area contributed by atoms with E-state index in [9.17, 15) is 27.8 Å². The maximum atomic E-state index is 14.6. The van der Waals surface area contributed by atoms with Crippen LogP contribution in [-0.2, 0) is 20.3 Å². The monoisotopic (exact) mass is 431 g/mol. The zero-order chi connectivity index (χ0) is 22.0. The molecule has 2 rings (SSSR count). The minimum Gasteiger partial charge on any atom is -0.444 e. The first kappa shape index (κ1) is 23.0. The molecule has 0 saturated carbocycles. The van der Waals surface area contributed by atoms with Crippen molar-refractivity contribution in [2.45, 2.75) is 50.2 Å². The molecule has 1 aromatic rings. The van der Waals surface area contributed by atoms with E-state index in [-0.39, 0.29) is 25.0 Å². The summed E-state index contributed by atoms with van der Waals surface area (Å²) in [6.45, 7) is 4.56. The molecule has 1 amide bonds. The Morgan fingerprint density at radius 2 is 2.00 bits per heavy atom. The summed E-state index contributed by atoms with van der Waals surface area (Å²) >= 11 is 0. The molecule has 1 heterocycles. The summed E-state index contributed by atoms with van der Waals surface area (Å²) in [5.41, 5.74) is -5.12. The van der Waals surface area contributed by atoms with Crippen molar-refractivity contribution < 1.29 is 32.6 Å². The van der Waals surface area contributed by atoms with Crippen molar-refractivity contribution in [3.8, 4) is 0 Å². The van der Waals surface area contributed by atoms with Gasteiger partial charge in [0.15, 0.2) is 0 Å². The third-order valence-corrected chi connectivity index (χ3v) is 6.24. The first-order valence-corrected chi connectivity index (χ1v) is 10.5. The first-order chi connectivity index (χ1) is 13.3. The lowest BCUT2D eigenvalue weighted by Crippen LogP contribution is -2.59. The van der Waals surface area contributed by atoms with E-state index in [2.05, 4.69) is 10.3 Å². The third-order valence-electron chi connectivity index (χ3n) is 4.35. The molecule has 0 aliphatic carbocycles. The summed E-state index contributed by atoms with van der Waals surface area (Å²) in [5.74, 6) is -1.20. The van der Waals surface area contributed by atoms with Crippen LogP contribution < -0.4 is 5.32 Å². The van der Waals surface area contributed by atoms with Crippen LogP contribution in [0.15, 0.2) is 29.3 Å². The molecule has 1 aliphatic heterocycles. The molecule has 29 heavy (non-hydrogen) atoms. The van der Waals surface area contributed by atoms with Gasteiger partial charge >= 0.3 is 6.09 Å². The SMILES string of the molecule is CN1C(NC(=O)OC(C)(C)C)=N[C@](CCCO)(c2ccccc2F)C(O)S1(=O)=O. The van der Waals surface area contributed by atoms with Crippen LogP contribution in [0.25, 0.3) is 0 Å². The van der Waals surface area contributed by atoms with Crippen LogP contribution in [0.1, 0.15) is 39.2 Å². The van der Waals surface area contributed by atoms with E-state index in [4.69, 9.17) is 4.74 Å². The number of halogens is 1. The maximum Gasteiger partial charge on any atom is 0.414 e. The Bertz CT molecular complexity index is 899. The number of alkyl carbamates (subject to hydrolysis) is 1. The number of guanidine groups is 1. The van der Waals surface area contributed by atoms with Crippen molar-refractivity contribution in [3.05, 3.63) is 35.6 Å². The normalized spacial score (nSPS) is 24.0. The molecule has 11 heteroatoms. The molecular formula is C18H26FN3O6S. The molecule has 0 bridgehead atoms. The van der Waals surface area contributed by atoms with Crippen LogP contribution in [0.5, 0.6) is 0 Å². The number of carbonyl (C=O) groups is 1. The third kappa shape index (κ3) is 4.68. The van der Waals surface area contributed by atoms with Crippen LogP contribution in [0.2, 0.25) is 0 Å². The number of sulfonamides is 1. The summed E-state index contributed by atoms with van der Waals surface area (Å²) < 4.78 is 46.1. The average Bonchev–Trinajstić information content (AvgIpc) is 2.61. The summed E-state index contributed by atoms with van der Waals surface area (Å²) in [5, 5.41) is 22.3. The van der Waals surface area contributed by atoms with Gasteiger partial charge in [-0.15, -0.1) is 0 Å².